The van der Waals surface area contributed by atoms with Crippen molar-refractivity contribution in [2.45, 2.75) is 31.7 Å². The van der Waals surface area contributed by atoms with Gasteiger partial charge in [-0.1, -0.05) is 12.1 Å². The lowest BCUT2D eigenvalue weighted by Gasteiger charge is -2.34. The molecular weight excluding hydrogens is 254 g/mol. The Morgan fingerprint density at radius 3 is 3.05 bits per heavy atom. The second-order valence-electron chi connectivity index (χ2n) is 5.47. The third-order valence-corrected chi connectivity index (χ3v) is 4.14. The zero-order valence-corrected chi connectivity index (χ0v) is 11.5. The summed E-state index contributed by atoms with van der Waals surface area (Å²) in [5, 5.41) is 12.4. The minimum absolute atomic E-state index is 0.517. The molecular formula is C15H19N3O2. The van der Waals surface area contributed by atoms with Crippen LogP contribution in [0.3, 0.4) is 0 Å². The maximum absolute atomic E-state index is 11.3. The van der Waals surface area contributed by atoms with Crippen LogP contribution in [0.25, 0.3) is 0 Å². The predicted octanol–water partition coefficient (Wildman–Crippen LogP) is 1.70. The summed E-state index contributed by atoms with van der Waals surface area (Å²) >= 11 is 0. The number of rotatable bonds is 1. The molecule has 0 spiro atoms. The topological polar surface area (TPSA) is 78.6 Å². The largest absolute Gasteiger partial charge is 0.480 e. The Morgan fingerprint density at radius 2 is 2.30 bits per heavy atom. The molecule has 5 nitrogen and oxygen atoms in total. The molecule has 4 N–H and O–H groups in total. The van der Waals surface area contributed by atoms with Crippen LogP contribution in [0.1, 0.15) is 24.8 Å². The van der Waals surface area contributed by atoms with Gasteiger partial charge in [0.15, 0.2) is 0 Å². The van der Waals surface area contributed by atoms with Crippen molar-refractivity contribution in [1.29, 1.82) is 0 Å². The Kier molecular flexibility index (Phi) is 3.04. The van der Waals surface area contributed by atoms with Crippen molar-refractivity contribution in [3.8, 4) is 0 Å². The second kappa shape index (κ2) is 4.74. The second-order valence-corrected chi connectivity index (χ2v) is 5.47. The summed E-state index contributed by atoms with van der Waals surface area (Å²) in [6, 6.07) is 5.42. The van der Waals surface area contributed by atoms with Gasteiger partial charge in [0, 0.05) is 7.05 Å². The van der Waals surface area contributed by atoms with Crippen molar-refractivity contribution in [2.24, 2.45) is 0 Å². The van der Waals surface area contributed by atoms with Gasteiger partial charge in [-0.15, -0.1) is 0 Å². The molecule has 20 heavy (non-hydrogen) atoms. The van der Waals surface area contributed by atoms with E-state index in [2.05, 4.69) is 11.4 Å². The number of aliphatic carboxylic acids is 1. The number of hydrogen-bond acceptors (Lipinski definition) is 4. The molecule has 0 aliphatic carbocycles. The van der Waals surface area contributed by atoms with Crippen LogP contribution in [0, 0.1) is 0 Å². The number of para-hydroxylation sites is 1. The lowest BCUT2D eigenvalue weighted by atomic mass is 9.95. The van der Waals surface area contributed by atoms with Crippen LogP contribution in [0.4, 0.5) is 11.4 Å². The first-order valence-corrected chi connectivity index (χ1v) is 6.90. The maximum atomic E-state index is 11.3. The van der Waals surface area contributed by atoms with Gasteiger partial charge in [-0.3, -0.25) is 0 Å². The predicted molar refractivity (Wildman–Crippen MR) is 78.4 cm³/mol. The van der Waals surface area contributed by atoms with E-state index in [9.17, 15) is 9.90 Å². The number of anilines is 2. The van der Waals surface area contributed by atoms with Crippen LogP contribution in [0.2, 0.25) is 0 Å². The van der Waals surface area contributed by atoms with Crippen molar-refractivity contribution < 1.29 is 9.90 Å². The number of nitrogens with one attached hydrogen (secondary N) is 1. The minimum atomic E-state index is -0.793. The van der Waals surface area contributed by atoms with E-state index >= 15 is 0 Å². The van der Waals surface area contributed by atoms with E-state index in [1.807, 2.05) is 24.1 Å². The van der Waals surface area contributed by atoms with Gasteiger partial charge < -0.3 is 21.1 Å². The number of carboxylic acid groups (broad SMARTS) is 1. The third-order valence-electron chi connectivity index (χ3n) is 4.14. The lowest BCUT2D eigenvalue weighted by Crippen LogP contribution is -2.42. The summed E-state index contributed by atoms with van der Waals surface area (Å²) in [4.78, 5) is 13.3. The first-order chi connectivity index (χ1) is 9.58. The van der Waals surface area contributed by atoms with Gasteiger partial charge in [0.25, 0.3) is 0 Å². The smallest absolute Gasteiger partial charge is 0.326 e. The minimum Gasteiger partial charge on any atom is -0.480 e. The molecule has 2 heterocycles. The highest BCUT2D eigenvalue weighted by molar-refractivity contribution is 5.78. The van der Waals surface area contributed by atoms with Crippen LogP contribution >= 0.6 is 0 Å². The van der Waals surface area contributed by atoms with Gasteiger partial charge in [0.05, 0.1) is 11.4 Å². The van der Waals surface area contributed by atoms with Gasteiger partial charge in [0.1, 0.15) is 11.9 Å². The van der Waals surface area contributed by atoms with Crippen LogP contribution in [-0.4, -0.2) is 24.2 Å². The Hall–Kier alpha value is -2.17. The number of nitrogens with two attached hydrogens (primary N) is 1. The third kappa shape index (κ3) is 1.99. The van der Waals surface area contributed by atoms with Crippen LogP contribution in [0.5, 0.6) is 0 Å². The van der Waals surface area contributed by atoms with E-state index in [0.717, 1.165) is 36.5 Å². The number of benzene rings is 1. The number of fused-ring (bicyclic) bond motifs is 1. The van der Waals surface area contributed by atoms with Crippen molar-refractivity contribution in [1.82, 2.24) is 5.32 Å². The van der Waals surface area contributed by atoms with Gasteiger partial charge in [-0.05, 0) is 42.9 Å². The number of nitrogen functional groups attached to an aromatic ring is 1. The van der Waals surface area contributed by atoms with Crippen molar-refractivity contribution >= 4 is 17.3 Å². The molecule has 106 valence electrons. The fraction of sp³-hybridized carbons (Fsp3) is 0.400. The summed E-state index contributed by atoms with van der Waals surface area (Å²) < 4.78 is 0. The highest BCUT2D eigenvalue weighted by Gasteiger charge is 2.30. The number of carbonyl (C=O) groups is 1. The van der Waals surface area contributed by atoms with E-state index in [0.29, 0.717) is 6.42 Å². The summed E-state index contributed by atoms with van der Waals surface area (Å²) in [5.41, 5.74) is 10.3. The Bertz CT molecular complexity index is 595. The quantitative estimate of drug-likeness (QED) is 0.679. The molecule has 0 saturated heterocycles. The molecule has 0 saturated carbocycles. The van der Waals surface area contributed by atoms with Crippen molar-refractivity contribution in [2.75, 3.05) is 17.7 Å². The molecule has 5 heteroatoms. The fourth-order valence-electron chi connectivity index (χ4n) is 3.17. The number of hydrogen-bond donors (Lipinski definition) is 3. The average Bonchev–Trinajstić information content (AvgIpc) is 2.61. The first-order valence-electron chi connectivity index (χ1n) is 6.90. The number of nitrogens with zero attached hydrogens (tertiary/aromatic N) is 1. The SMILES string of the molecule is CN1C2=C(CCCC(C(=O)O)N2)Cc2cccc(N)c21. The molecule has 2 aliphatic heterocycles. The van der Waals surface area contributed by atoms with E-state index in [1.165, 1.54) is 11.1 Å². The summed E-state index contributed by atoms with van der Waals surface area (Å²) in [6.07, 6.45) is 3.33. The standard InChI is InChI=1S/C15H19N3O2/c1-18-13-9(4-2-6-11(13)16)8-10-5-3-7-12(15(19)20)17-14(10)18/h2,4,6,12,17H,3,5,7-8,16H2,1H3,(H,19,20). The molecule has 3 rings (SSSR count). The Labute approximate surface area is 118 Å². The highest BCUT2D eigenvalue weighted by atomic mass is 16.4. The summed E-state index contributed by atoms with van der Waals surface area (Å²) in [5.74, 6) is 0.124. The fourth-order valence-corrected chi connectivity index (χ4v) is 3.17. The molecule has 0 aromatic heterocycles. The number of allylic oxidation sites excluding steroid dienone is 1. The van der Waals surface area contributed by atoms with Crippen LogP contribution < -0.4 is 16.0 Å². The Morgan fingerprint density at radius 1 is 1.50 bits per heavy atom. The van der Waals surface area contributed by atoms with E-state index in [1.54, 1.807) is 0 Å². The molecule has 0 fully saturated rings. The molecule has 0 bridgehead atoms. The van der Waals surface area contributed by atoms with E-state index < -0.39 is 12.0 Å². The maximum Gasteiger partial charge on any atom is 0.326 e. The molecule has 1 aromatic rings. The van der Waals surface area contributed by atoms with Gasteiger partial charge in [-0.25, -0.2) is 4.79 Å². The Balaban J connectivity index is 2.01. The zero-order chi connectivity index (χ0) is 14.3. The van der Waals surface area contributed by atoms with Crippen molar-refractivity contribution in [3.05, 3.63) is 35.2 Å². The summed E-state index contributed by atoms with van der Waals surface area (Å²) in [6.45, 7) is 0. The zero-order valence-electron chi connectivity index (χ0n) is 11.5. The molecule has 1 unspecified atom stereocenters. The lowest BCUT2D eigenvalue weighted by molar-refractivity contribution is -0.139. The van der Waals surface area contributed by atoms with Crippen LogP contribution in [0.15, 0.2) is 29.6 Å². The molecule has 1 aromatic carbocycles. The molecule has 0 amide bonds. The number of carboxylic acids is 1. The van der Waals surface area contributed by atoms with Gasteiger partial charge >= 0.3 is 5.97 Å². The monoisotopic (exact) mass is 273 g/mol. The molecule has 1 atom stereocenters. The van der Waals surface area contributed by atoms with Crippen molar-refractivity contribution in [3.63, 3.8) is 0 Å². The average molecular weight is 273 g/mol. The van der Waals surface area contributed by atoms with E-state index in [4.69, 9.17) is 5.73 Å². The molecule has 0 radical (unpaired) electrons. The normalized spacial score (nSPS) is 21.6. The first kappa shape index (κ1) is 12.8. The van der Waals surface area contributed by atoms with Crippen LogP contribution in [-0.2, 0) is 11.2 Å². The van der Waals surface area contributed by atoms with Gasteiger partial charge in [-0.2, -0.15) is 0 Å². The van der Waals surface area contributed by atoms with Gasteiger partial charge in [0.2, 0.25) is 0 Å². The molecule has 2 aliphatic rings. The van der Waals surface area contributed by atoms with E-state index in [-0.39, 0.29) is 0 Å². The highest BCUT2D eigenvalue weighted by Crippen LogP contribution is 2.38. The summed E-state index contributed by atoms with van der Waals surface area (Å²) in [7, 11) is 1.95.